The number of nitrogens with one attached hydrogen (secondary N) is 1. The first-order chi connectivity index (χ1) is 9.34. The van der Waals surface area contributed by atoms with Crippen LogP contribution in [0.1, 0.15) is 48.4 Å². The van der Waals surface area contributed by atoms with Crippen LogP contribution < -0.4 is 5.32 Å². The van der Waals surface area contributed by atoms with Crippen molar-refractivity contribution in [3.63, 3.8) is 0 Å². The molecule has 1 saturated carbocycles. The van der Waals surface area contributed by atoms with Gasteiger partial charge in [-0.05, 0) is 54.5 Å². The first-order valence-corrected chi connectivity index (χ1v) is 7.05. The highest BCUT2D eigenvalue weighted by atomic mass is 14.9. The van der Waals surface area contributed by atoms with Crippen LogP contribution in [0.15, 0.2) is 48.8 Å². The molecule has 1 aliphatic rings. The van der Waals surface area contributed by atoms with E-state index in [0.717, 1.165) is 12.5 Å². The van der Waals surface area contributed by atoms with Gasteiger partial charge in [-0.1, -0.05) is 24.3 Å². The average Bonchev–Trinajstić information content (AvgIpc) is 3.30. The average molecular weight is 252 g/mol. The third-order valence-corrected chi connectivity index (χ3v) is 3.88. The van der Waals surface area contributed by atoms with Gasteiger partial charge >= 0.3 is 0 Å². The summed E-state index contributed by atoms with van der Waals surface area (Å²) in [6.07, 6.45) is 6.42. The van der Waals surface area contributed by atoms with Gasteiger partial charge in [0.2, 0.25) is 0 Å². The third kappa shape index (κ3) is 3.02. The number of aromatic nitrogens is 1. The molecule has 0 radical (unpaired) electrons. The Kier molecular flexibility index (Phi) is 3.60. The zero-order chi connectivity index (χ0) is 13.1. The van der Waals surface area contributed by atoms with Gasteiger partial charge in [0.25, 0.3) is 0 Å². The van der Waals surface area contributed by atoms with Crippen molar-refractivity contribution in [1.29, 1.82) is 0 Å². The van der Waals surface area contributed by atoms with Crippen molar-refractivity contribution >= 4 is 0 Å². The van der Waals surface area contributed by atoms with Crippen molar-refractivity contribution < 1.29 is 0 Å². The van der Waals surface area contributed by atoms with E-state index in [-0.39, 0.29) is 0 Å². The Hall–Kier alpha value is -1.67. The van der Waals surface area contributed by atoms with E-state index in [9.17, 15) is 0 Å². The number of benzene rings is 1. The summed E-state index contributed by atoms with van der Waals surface area (Å²) in [5, 5.41) is 3.61. The highest BCUT2D eigenvalue weighted by Gasteiger charge is 2.25. The highest BCUT2D eigenvalue weighted by Crippen LogP contribution is 2.41. The molecule has 2 nitrogen and oxygen atoms in total. The Bertz CT molecular complexity index is 532. The largest absolute Gasteiger partial charge is 0.306 e. The lowest BCUT2D eigenvalue weighted by molar-refractivity contribution is 0.572. The Balaban J connectivity index is 1.66. The van der Waals surface area contributed by atoms with Crippen molar-refractivity contribution in [2.75, 3.05) is 0 Å². The van der Waals surface area contributed by atoms with E-state index in [0.29, 0.717) is 6.04 Å². The maximum Gasteiger partial charge on any atom is 0.0296 e. The molecule has 0 amide bonds. The van der Waals surface area contributed by atoms with Crippen molar-refractivity contribution in [3.8, 4) is 0 Å². The zero-order valence-corrected chi connectivity index (χ0v) is 11.3. The van der Waals surface area contributed by atoms with Crippen LogP contribution in [0.5, 0.6) is 0 Å². The molecule has 19 heavy (non-hydrogen) atoms. The van der Waals surface area contributed by atoms with Crippen LogP contribution in [-0.2, 0) is 6.54 Å². The summed E-state index contributed by atoms with van der Waals surface area (Å²) in [6.45, 7) is 3.14. The lowest BCUT2D eigenvalue weighted by atomic mass is 10.0. The Morgan fingerprint density at radius 3 is 2.63 bits per heavy atom. The van der Waals surface area contributed by atoms with Crippen LogP contribution in [0.25, 0.3) is 0 Å². The van der Waals surface area contributed by atoms with Crippen molar-refractivity contribution in [2.24, 2.45) is 0 Å². The summed E-state index contributed by atoms with van der Waals surface area (Å²) in [5.74, 6) is 0.814. The SMILES string of the molecule is C[C@@H](NCc1ccccc1C1CC1)c1ccncc1. The van der Waals surface area contributed by atoms with Gasteiger partial charge in [0, 0.05) is 25.0 Å². The van der Waals surface area contributed by atoms with E-state index < -0.39 is 0 Å². The zero-order valence-electron chi connectivity index (χ0n) is 11.3. The van der Waals surface area contributed by atoms with E-state index in [1.54, 1.807) is 0 Å². The number of pyridine rings is 1. The normalized spacial score (nSPS) is 16.3. The molecule has 1 fully saturated rings. The van der Waals surface area contributed by atoms with Crippen LogP contribution in [-0.4, -0.2) is 4.98 Å². The summed E-state index contributed by atoms with van der Waals surface area (Å²) >= 11 is 0. The summed E-state index contributed by atoms with van der Waals surface area (Å²) in [5.41, 5.74) is 4.28. The van der Waals surface area contributed by atoms with E-state index in [1.165, 1.54) is 29.5 Å². The molecule has 0 bridgehead atoms. The lowest BCUT2D eigenvalue weighted by Crippen LogP contribution is -2.18. The molecular weight excluding hydrogens is 232 g/mol. The van der Waals surface area contributed by atoms with Crippen LogP contribution in [0, 0.1) is 0 Å². The maximum atomic E-state index is 4.06. The molecule has 1 atom stereocenters. The number of hydrogen-bond donors (Lipinski definition) is 1. The number of nitrogens with zero attached hydrogens (tertiary/aromatic N) is 1. The first kappa shape index (κ1) is 12.4. The fourth-order valence-electron chi connectivity index (χ4n) is 2.52. The van der Waals surface area contributed by atoms with Gasteiger partial charge in [0.1, 0.15) is 0 Å². The highest BCUT2D eigenvalue weighted by molar-refractivity contribution is 5.33. The fraction of sp³-hybridized carbons (Fsp3) is 0.353. The molecule has 98 valence electrons. The second-order valence-corrected chi connectivity index (χ2v) is 5.36. The minimum atomic E-state index is 0.357. The minimum absolute atomic E-state index is 0.357. The summed E-state index contributed by atoms with van der Waals surface area (Å²) < 4.78 is 0. The molecule has 1 aliphatic carbocycles. The van der Waals surface area contributed by atoms with Crippen LogP contribution in [0.2, 0.25) is 0 Å². The van der Waals surface area contributed by atoms with E-state index in [1.807, 2.05) is 12.4 Å². The molecule has 1 N–H and O–H groups in total. The third-order valence-electron chi connectivity index (χ3n) is 3.88. The Morgan fingerprint density at radius 2 is 1.89 bits per heavy atom. The molecule has 0 unspecified atom stereocenters. The topological polar surface area (TPSA) is 24.9 Å². The lowest BCUT2D eigenvalue weighted by Gasteiger charge is -2.16. The van der Waals surface area contributed by atoms with Gasteiger partial charge in [0.15, 0.2) is 0 Å². The molecular formula is C17H20N2. The molecule has 0 aliphatic heterocycles. The smallest absolute Gasteiger partial charge is 0.0296 e. The quantitative estimate of drug-likeness (QED) is 0.875. The summed E-state index contributed by atoms with van der Waals surface area (Å²) in [6, 6.07) is 13.3. The number of rotatable bonds is 5. The first-order valence-electron chi connectivity index (χ1n) is 7.05. The predicted octanol–water partition coefficient (Wildman–Crippen LogP) is 3.81. The van der Waals surface area contributed by atoms with Gasteiger partial charge in [0.05, 0.1) is 0 Å². The van der Waals surface area contributed by atoms with Gasteiger partial charge in [-0.25, -0.2) is 0 Å². The van der Waals surface area contributed by atoms with E-state index >= 15 is 0 Å². The van der Waals surface area contributed by atoms with Gasteiger partial charge in [-0.2, -0.15) is 0 Å². The van der Waals surface area contributed by atoms with Gasteiger partial charge in [-0.3, -0.25) is 4.98 Å². The maximum absolute atomic E-state index is 4.06. The second-order valence-electron chi connectivity index (χ2n) is 5.36. The molecule has 1 aromatic heterocycles. The molecule has 0 spiro atoms. The number of hydrogen-bond acceptors (Lipinski definition) is 2. The standard InChI is InChI=1S/C17H20N2/c1-13(14-8-10-18-11-9-14)19-12-16-4-2-3-5-17(16)15-6-7-15/h2-5,8-11,13,15,19H,6-7,12H2,1H3/t13-/m1/s1. The van der Waals surface area contributed by atoms with Crippen molar-refractivity contribution in [2.45, 2.75) is 38.3 Å². The molecule has 0 saturated heterocycles. The molecule has 2 heteroatoms. The molecule has 2 aromatic rings. The van der Waals surface area contributed by atoms with Crippen LogP contribution >= 0.6 is 0 Å². The van der Waals surface area contributed by atoms with Crippen LogP contribution in [0.3, 0.4) is 0 Å². The second kappa shape index (κ2) is 5.54. The molecule has 1 heterocycles. The summed E-state index contributed by atoms with van der Waals surface area (Å²) in [7, 11) is 0. The van der Waals surface area contributed by atoms with Gasteiger partial charge < -0.3 is 5.32 Å². The monoisotopic (exact) mass is 252 g/mol. The van der Waals surface area contributed by atoms with Crippen molar-refractivity contribution in [1.82, 2.24) is 10.3 Å². The minimum Gasteiger partial charge on any atom is -0.306 e. The summed E-state index contributed by atoms with van der Waals surface area (Å²) in [4.78, 5) is 4.06. The van der Waals surface area contributed by atoms with Gasteiger partial charge in [-0.15, -0.1) is 0 Å². The molecule has 1 aromatic carbocycles. The van der Waals surface area contributed by atoms with E-state index in [4.69, 9.17) is 0 Å². The molecule has 3 rings (SSSR count). The Labute approximate surface area is 114 Å². The van der Waals surface area contributed by atoms with Crippen molar-refractivity contribution in [3.05, 3.63) is 65.5 Å². The fourth-order valence-corrected chi connectivity index (χ4v) is 2.52. The predicted molar refractivity (Wildman–Crippen MR) is 77.9 cm³/mol. The Morgan fingerprint density at radius 1 is 1.16 bits per heavy atom. The van der Waals surface area contributed by atoms with E-state index in [2.05, 4.69) is 53.6 Å². The van der Waals surface area contributed by atoms with Crippen LogP contribution in [0.4, 0.5) is 0 Å².